The van der Waals surface area contributed by atoms with Crippen molar-refractivity contribution in [2.45, 2.75) is 45.6 Å². The van der Waals surface area contributed by atoms with Crippen molar-refractivity contribution in [1.29, 1.82) is 0 Å². The van der Waals surface area contributed by atoms with Crippen molar-refractivity contribution < 1.29 is 9.53 Å². The highest BCUT2D eigenvalue weighted by Gasteiger charge is 2.18. The van der Waals surface area contributed by atoms with Gasteiger partial charge in [-0.3, -0.25) is 0 Å². The van der Waals surface area contributed by atoms with Gasteiger partial charge in [-0.15, -0.1) is 12.6 Å². The van der Waals surface area contributed by atoms with Crippen molar-refractivity contribution in [3.8, 4) is 0 Å². The smallest absolute Gasteiger partial charge is 0.328 e. The molecule has 0 spiro atoms. The van der Waals surface area contributed by atoms with E-state index >= 15 is 0 Å². The first-order valence-corrected chi connectivity index (χ1v) is 6.13. The number of rotatable bonds is 7. The predicted octanol–water partition coefficient (Wildman–Crippen LogP) is 2.30. The number of nitrogens with one attached hydrogen (secondary N) is 1. The van der Waals surface area contributed by atoms with Gasteiger partial charge in [-0.25, -0.2) is 4.79 Å². The molecule has 5 heteroatoms. The van der Waals surface area contributed by atoms with Crippen LogP contribution in [0.1, 0.15) is 39.5 Å². The van der Waals surface area contributed by atoms with E-state index < -0.39 is 0 Å². The lowest BCUT2D eigenvalue weighted by Crippen LogP contribution is -2.39. The average Bonchev–Trinajstić information content (AvgIpc) is 2.16. The van der Waals surface area contributed by atoms with Crippen molar-refractivity contribution >= 4 is 35.1 Å². The lowest BCUT2D eigenvalue weighted by molar-refractivity contribution is -0.145. The molecule has 0 amide bonds. The van der Waals surface area contributed by atoms with Gasteiger partial charge in [-0.1, -0.05) is 38.4 Å². The number of hydrogen-bond acceptors (Lipinski definition) is 3. The highest BCUT2D eigenvalue weighted by molar-refractivity contribution is 8.11. The second-order valence-electron chi connectivity index (χ2n) is 3.25. The van der Waals surface area contributed by atoms with E-state index in [1.807, 2.05) is 0 Å². The summed E-state index contributed by atoms with van der Waals surface area (Å²) in [5.74, 6) is -0.245. The Kier molecular flexibility index (Phi) is 8.80. The van der Waals surface area contributed by atoms with E-state index in [1.165, 1.54) is 0 Å². The minimum absolute atomic E-state index is 0.245. The van der Waals surface area contributed by atoms with Crippen LogP contribution in [0, 0.1) is 0 Å². The lowest BCUT2D eigenvalue weighted by Gasteiger charge is -2.16. The molecular weight excluding hydrogens is 230 g/mol. The van der Waals surface area contributed by atoms with E-state index in [9.17, 15) is 4.79 Å². The maximum absolute atomic E-state index is 11.5. The van der Waals surface area contributed by atoms with E-state index in [0.717, 1.165) is 25.7 Å². The van der Waals surface area contributed by atoms with Crippen LogP contribution >= 0.6 is 24.8 Å². The number of thiol groups is 1. The zero-order chi connectivity index (χ0) is 11.7. The summed E-state index contributed by atoms with van der Waals surface area (Å²) in [7, 11) is 0. The summed E-state index contributed by atoms with van der Waals surface area (Å²) in [5, 5.41) is 2.84. The van der Waals surface area contributed by atoms with Crippen molar-refractivity contribution in [1.82, 2.24) is 5.32 Å². The van der Waals surface area contributed by atoms with E-state index in [4.69, 9.17) is 17.0 Å². The molecule has 0 heterocycles. The van der Waals surface area contributed by atoms with Gasteiger partial charge in [-0.2, -0.15) is 0 Å². The monoisotopic (exact) mass is 249 g/mol. The average molecular weight is 249 g/mol. The topological polar surface area (TPSA) is 38.3 Å². The lowest BCUT2D eigenvalue weighted by atomic mass is 10.1. The van der Waals surface area contributed by atoms with E-state index in [0.29, 0.717) is 10.9 Å². The maximum atomic E-state index is 11.5. The van der Waals surface area contributed by atoms with Crippen LogP contribution in [-0.4, -0.2) is 22.9 Å². The van der Waals surface area contributed by atoms with Crippen molar-refractivity contribution in [3.05, 3.63) is 0 Å². The molecule has 0 aliphatic rings. The van der Waals surface area contributed by atoms with Gasteiger partial charge in [0.1, 0.15) is 10.4 Å². The molecule has 0 saturated heterocycles. The Bertz CT molecular complexity index is 210. The normalized spacial score (nSPS) is 11.9. The SMILES string of the molecule is CCCCCC(NC(=S)S)C(=O)OCC. The van der Waals surface area contributed by atoms with Gasteiger partial charge in [0, 0.05) is 0 Å². The molecule has 0 rings (SSSR count). The summed E-state index contributed by atoms with van der Waals surface area (Å²) in [6.45, 7) is 4.31. The van der Waals surface area contributed by atoms with Crippen LogP contribution in [0.4, 0.5) is 0 Å². The van der Waals surface area contributed by atoms with E-state index in [-0.39, 0.29) is 12.0 Å². The van der Waals surface area contributed by atoms with Crippen molar-refractivity contribution in [2.75, 3.05) is 6.61 Å². The highest BCUT2D eigenvalue weighted by atomic mass is 32.1. The van der Waals surface area contributed by atoms with Gasteiger partial charge in [-0.05, 0) is 13.3 Å². The zero-order valence-electron chi connectivity index (χ0n) is 9.28. The molecule has 0 aliphatic heterocycles. The molecule has 0 aromatic heterocycles. The second kappa shape index (κ2) is 8.97. The van der Waals surface area contributed by atoms with E-state index in [1.54, 1.807) is 6.92 Å². The molecule has 1 atom stereocenters. The van der Waals surface area contributed by atoms with Crippen LogP contribution in [0.25, 0.3) is 0 Å². The standard InChI is InChI=1S/C10H19NO2S2/c1-3-5-6-7-8(11-10(14)15)9(12)13-4-2/h8H,3-7H2,1-2H3,(H2,11,14,15). The predicted molar refractivity (Wildman–Crippen MR) is 69.3 cm³/mol. The van der Waals surface area contributed by atoms with Gasteiger partial charge < -0.3 is 10.1 Å². The summed E-state index contributed by atoms with van der Waals surface area (Å²) in [6.07, 6.45) is 3.97. The Morgan fingerprint density at radius 1 is 1.47 bits per heavy atom. The highest BCUT2D eigenvalue weighted by Crippen LogP contribution is 2.06. The van der Waals surface area contributed by atoms with Crippen LogP contribution in [0.3, 0.4) is 0 Å². The molecule has 3 nitrogen and oxygen atoms in total. The Morgan fingerprint density at radius 3 is 2.60 bits per heavy atom. The number of ether oxygens (including phenoxy) is 1. The summed E-state index contributed by atoms with van der Waals surface area (Å²) in [6, 6.07) is -0.346. The molecule has 1 unspecified atom stereocenters. The molecule has 0 aliphatic carbocycles. The number of carbonyl (C=O) groups excluding carboxylic acids is 1. The Hall–Kier alpha value is -0.290. The van der Waals surface area contributed by atoms with Gasteiger partial charge in [0.25, 0.3) is 0 Å². The number of unbranched alkanes of at least 4 members (excludes halogenated alkanes) is 2. The first kappa shape index (κ1) is 14.7. The Balaban J connectivity index is 4.05. The van der Waals surface area contributed by atoms with Crippen LogP contribution in [-0.2, 0) is 9.53 Å². The summed E-state index contributed by atoms with van der Waals surface area (Å²) >= 11 is 8.76. The number of esters is 1. The minimum atomic E-state index is -0.346. The summed E-state index contributed by atoms with van der Waals surface area (Å²) < 4.78 is 5.28. The molecule has 1 N–H and O–H groups in total. The molecular formula is C10H19NO2S2. The fraction of sp³-hybridized carbons (Fsp3) is 0.800. The third kappa shape index (κ3) is 7.62. The third-order valence-electron chi connectivity index (χ3n) is 1.97. The van der Waals surface area contributed by atoms with Crippen LogP contribution in [0.5, 0.6) is 0 Å². The third-order valence-corrected chi connectivity index (χ3v) is 2.21. The summed E-state index contributed by atoms with van der Waals surface area (Å²) in [5.41, 5.74) is 0. The van der Waals surface area contributed by atoms with Crippen molar-refractivity contribution in [3.63, 3.8) is 0 Å². The van der Waals surface area contributed by atoms with Crippen LogP contribution in [0.15, 0.2) is 0 Å². The molecule has 0 radical (unpaired) electrons. The molecule has 0 bridgehead atoms. The van der Waals surface area contributed by atoms with E-state index in [2.05, 4.69) is 24.9 Å². The first-order valence-electron chi connectivity index (χ1n) is 5.27. The molecule has 0 aromatic carbocycles. The van der Waals surface area contributed by atoms with Gasteiger partial charge in [0.15, 0.2) is 0 Å². The Labute approximate surface area is 102 Å². The zero-order valence-corrected chi connectivity index (χ0v) is 11.0. The molecule has 15 heavy (non-hydrogen) atoms. The number of hydrogen-bond donors (Lipinski definition) is 2. The number of carbonyl (C=O) groups is 1. The molecule has 0 fully saturated rings. The maximum Gasteiger partial charge on any atom is 0.328 e. The van der Waals surface area contributed by atoms with Gasteiger partial charge in [0.05, 0.1) is 6.61 Å². The fourth-order valence-electron chi connectivity index (χ4n) is 1.24. The van der Waals surface area contributed by atoms with Gasteiger partial charge in [0.2, 0.25) is 0 Å². The fourth-order valence-corrected chi connectivity index (χ4v) is 1.54. The summed E-state index contributed by atoms with van der Waals surface area (Å²) in [4.78, 5) is 11.5. The molecule has 0 saturated carbocycles. The molecule has 0 aromatic rings. The Morgan fingerprint density at radius 2 is 2.13 bits per heavy atom. The minimum Gasteiger partial charge on any atom is -0.464 e. The van der Waals surface area contributed by atoms with Crippen LogP contribution in [0.2, 0.25) is 0 Å². The first-order chi connectivity index (χ1) is 7.11. The quantitative estimate of drug-likeness (QED) is 0.314. The molecule has 88 valence electrons. The van der Waals surface area contributed by atoms with Crippen LogP contribution < -0.4 is 5.32 Å². The van der Waals surface area contributed by atoms with Gasteiger partial charge >= 0.3 is 5.97 Å². The number of thiocarbonyl (C=S) groups is 1. The largest absolute Gasteiger partial charge is 0.464 e. The second-order valence-corrected chi connectivity index (χ2v) is 4.41. The van der Waals surface area contributed by atoms with Crippen molar-refractivity contribution in [2.24, 2.45) is 0 Å².